The Kier molecular flexibility index (Phi) is 5.45. The Balaban J connectivity index is 2.38. The van der Waals surface area contributed by atoms with Gasteiger partial charge in [-0.1, -0.05) is 0 Å². The molecule has 15 heteroatoms. The lowest BCUT2D eigenvalue weighted by atomic mass is 10.1. The van der Waals surface area contributed by atoms with E-state index in [1.807, 2.05) is 0 Å². The van der Waals surface area contributed by atoms with Gasteiger partial charge in [0.05, 0.1) is 7.11 Å². The van der Waals surface area contributed by atoms with Crippen LogP contribution >= 0.6 is 0 Å². The average Bonchev–Trinajstić information content (AvgIpc) is 2.61. The maximum absolute atomic E-state index is 12.8. The van der Waals surface area contributed by atoms with Gasteiger partial charge in [0.1, 0.15) is 22.5 Å². The highest BCUT2D eigenvalue weighted by Crippen LogP contribution is 2.39. The van der Waals surface area contributed by atoms with E-state index in [1.54, 1.807) is 0 Å². The number of phenolic OH excluding ortho intramolecular Hbond substituents is 2. The second-order valence-electron chi connectivity index (χ2n) is 5.77. The molecule has 1 aromatic heterocycles. The van der Waals surface area contributed by atoms with Crippen LogP contribution in [0.3, 0.4) is 0 Å². The van der Waals surface area contributed by atoms with E-state index in [2.05, 4.69) is 8.37 Å². The molecular formula is C16H10O13S2-2. The smallest absolute Gasteiger partial charge is 0.262 e. The second kappa shape index (κ2) is 7.62. The Hall–Kier alpha value is -3.53. The van der Waals surface area contributed by atoms with Crippen LogP contribution in [0.1, 0.15) is 0 Å². The summed E-state index contributed by atoms with van der Waals surface area (Å²) in [6, 6.07) is 4.72. The second-order valence-corrected chi connectivity index (χ2v) is 7.74. The Morgan fingerprint density at radius 3 is 2.13 bits per heavy atom. The lowest BCUT2D eigenvalue weighted by molar-refractivity contribution is 0.364. The van der Waals surface area contributed by atoms with Crippen LogP contribution in [0, 0.1) is 0 Å². The minimum Gasteiger partial charge on any atom is -0.716 e. The van der Waals surface area contributed by atoms with Crippen LogP contribution in [-0.2, 0) is 20.8 Å². The van der Waals surface area contributed by atoms with E-state index in [0.717, 1.165) is 12.1 Å². The van der Waals surface area contributed by atoms with Gasteiger partial charge in [0.2, 0.25) is 11.2 Å². The van der Waals surface area contributed by atoms with Gasteiger partial charge < -0.3 is 36.8 Å². The first-order valence-corrected chi connectivity index (χ1v) is 10.5. The monoisotopic (exact) mass is 474 g/mol. The molecule has 0 aliphatic heterocycles. The standard InChI is InChI=1S/C16H12O13S2/c1-26-11-3-2-7(4-9(11)17)15-16(29-31(23,24)25)14(19)13-10(18)5-8(6-12(13)27-15)28-30(20,21)22/h2-6,17-18H,1H3,(H,20,21,22)(H,23,24,25)/p-2. The highest BCUT2D eigenvalue weighted by Gasteiger charge is 2.23. The van der Waals surface area contributed by atoms with Crippen LogP contribution in [0.25, 0.3) is 22.3 Å². The van der Waals surface area contributed by atoms with Crippen LogP contribution in [0.2, 0.25) is 0 Å². The fourth-order valence-electron chi connectivity index (χ4n) is 2.62. The van der Waals surface area contributed by atoms with Crippen molar-refractivity contribution in [1.82, 2.24) is 0 Å². The molecule has 0 aliphatic rings. The van der Waals surface area contributed by atoms with Crippen molar-refractivity contribution in [3.05, 3.63) is 40.6 Å². The number of fused-ring (bicyclic) bond motifs is 1. The number of rotatable bonds is 6. The zero-order valence-corrected chi connectivity index (χ0v) is 16.7. The third-order valence-corrected chi connectivity index (χ3v) is 4.50. The van der Waals surface area contributed by atoms with Crippen LogP contribution < -0.4 is 18.5 Å². The van der Waals surface area contributed by atoms with Crippen LogP contribution in [-0.4, -0.2) is 43.3 Å². The molecule has 0 bridgehead atoms. The van der Waals surface area contributed by atoms with Crippen LogP contribution in [0.4, 0.5) is 0 Å². The van der Waals surface area contributed by atoms with Gasteiger partial charge in [-0.2, -0.15) is 0 Å². The zero-order chi connectivity index (χ0) is 23.1. The number of phenols is 2. The molecule has 0 fully saturated rings. The van der Waals surface area contributed by atoms with E-state index in [0.29, 0.717) is 6.07 Å². The predicted octanol–water partition coefficient (Wildman–Crippen LogP) is 0.558. The Morgan fingerprint density at radius 1 is 0.935 bits per heavy atom. The number of hydrogen-bond acceptors (Lipinski definition) is 13. The maximum atomic E-state index is 12.8. The minimum absolute atomic E-state index is 0.000200. The van der Waals surface area contributed by atoms with E-state index in [1.165, 1.54) is 19.2 Å². The van der Waals surface area contributed by atoms with Crippen molar-refractivity contribution in [2.45, 2.75) is 0 Å². The summed E-state index contributed by atoms with van der Waals surface area (Å²) in [6.45, 7) is 0. The number of hydrogen-bond donors (Lipinski definition) is 2. The molecule has 0 saturated carbocycles. The van der Waals surface area contributed by atoms with Crippen molar-refractivity contribution in [3.8, 4) is 40.1 Å². The molecule has 166 valence electrons. The third kappa shape index (κ3) is 4.80. The number of ether oxygens (including phenoxy) is 1. The molecule has 0 unspecified atom stereocenters. The molecule has 31 heavy (non-hydrogen) atoms. The predicted molar refractivity (Wildman–Crippen MR) is 98.5 cm³/mol. The zero-order valence-electron chi connectivity index (χ0n) is 15.1. The molecule has 2 N–H and O–H groups in total. The van der Waals surface area contributed by atoms with Gasteiger partial charge in [0, 0.05) is 17.7 Å². The average molecular weight is 474 g/mol. The molecule has 3 rings (SSSR count). The summed E-state index contributed by atoms with van der Waals surface area (Å²) in [5.74, 6) is -3.99. The van der Waals surface area contributed by atoms with Gasteiger partial charge in [0.25, 0.3) is 20.8 Å². The quantitative estimate of drug-likeness (QED) is 0.369. The normalized spacial score (nSPS) is 12.0. The summed E-state index contributed by atoms with van der Waals surface area (Å²) in [7, 11) is -9.50. The van der Waals surface area contributed by atoms with Gasteiger partial charge in [-0.25, -0.2) is 16.8 Å². The highest BCUT2D eigenvalue weighted by atomic mass is 32.3. The van der Waals surface area contributed by atoms with Crippen molar-refractivity contribution in [2.75, 3.05) is 7.11 Å². The molecule has 13 nitrogen and oxygen atoms in total. The summed E-state index contributed by atoms with van der Waals surface area (Å²) >= 11 is 0. The third-order valence-electron chi connectivity index (χ3n) is 3.73. The Bertz CT molecular complexity index is 1450. The first-order valence-electron chi connectivity index (χ1n) is 7.81. The van der Waals surface area contributed by atoms with E-state index < -0.39 is 66.0 Å². The number of aromatic hydroxyl groups is 2. The molecule has 0 spiro atoms. The lowest BCUT2D eigenvalue weighted by Crippen LogP contribution is -2.16. The summed E-state index contributed by atoms with van der Waals surface area (Å²) in [6.07, 6.45) is 0. The van der Waals surface area contributed by atoms with Gasteiger partial charge >= 0.3 is 0 Å². The summed E-state index contributed by atoms with van der Waals surface area (Å²) in [5, 5.41) is 19.3. The first kappa shape index (κ1) is 22.2. The van der Waals surface area contributed by atoms with Crippen molar-refractivity contribution >= 4 is 31.8 Å². The molecule has 0 atom stereocenters. The summed E-state index contributed by atoms with van der Waals surface area (Å²) in [4.78, 5) is 12.8. The highest BCUT2D eigenvalue weighted by molar-refractivity contribution is 7.81. The van der Waals surface area contributed by atoms with E-state index in [-0.39, 0.29) is 11.3 Å². The minimum atomic E-state index is -5.49. The largest absolute Gasteiger partial charge is 0.716 e. The molecule has 1 heterocycles. The molecule has 0 radical (unpaired) electrons. The van der Waals surface area contributed by atoms with E-state index >= 15 is 0 Å². The fourth-order valence-corrected chi connectivity index (χ4v) is 3.31. The van der Waals surface area contributed by atoms with Gasteiger partial charge in [-0.05, 0) is 18.2 Å². The fraction of sp³-hybridized carbons (Fsp3) is 0.0625. The van der Waals surface area contributed by atoms with E-state index in [9.17, 15) is 40.9 Å². The van der Waals surface area contributed by atoms with Crippen molar-refractivity contribution in [3.63, 3.8) is 0 Å². The summed E-state index contributed by atoms with van der Waals surface area (Å²) < 4.78 is 84.3. The molecule has 0 aliphatic carbocycles. The van der Waals surface area contributed by atoms with Crippen molar-refractivity contribution in [1.29, 1.82) is 0 Å². The first-order chi connectivity index (χ1) is 14.3. The summed E-state index contributed by atoms with van der Waals surface area (Å²) in [5.41, 5.74) is -2.07. The maximum Gasteiger partial charge on any atom is 0.262 e. The topological polar surface area (TPSA) is 213 Å². The van der Waals surface area contributed by atoms with Gasteiger partial charge in [0.15, 0.2) is 17.3 Å². The van der Waals surface area contributed by atoms with Crippen molar-refractivity contribution < 1.29 is 53.7 Å². The SMILES string of the molecule is COc1ccc(-c2oc3cc(OS(=O)(=O)[O-])cc(O)c3c(=O)c2OS(=O)(=O)[O-])cc1O. The molecule has 3 aromatic rings. The Morgan fingerprint density at radius 2 is 1.58 bits per heavy atom. The number of benzene rings is 2. The Labute approximate surface area is 173 Å². The number of methoxy groups -OCH3 is 1. The molecular weight excluding hydrogens is 464 g/mol. The van der Waals surface area contributed by atoms with Gasteiger partial charge in [-0.3, -0.25) is 4.79 Å². The molecule has 0 saturated heterocycles. The lowest BCUT2D eigenvalue weighted by Gasteiger charge is -2.15. The molecule has 2 aromatic carbocycles. The molecule has 0 amide bonds. The van der Waals surface area contributed by atoms with Gasteiger partial charge in [-0.15, -0.1) is 0 Å². The van der Waals surface area contributed by atoms with E-state index in [4.69, 9.17) is 9.15 Å². The van der Waals surface area contributed by atoms with Crippen LogP contribution in [0.15, 0.2) is 39.5 Å². The van der Waals surface area contributed by atoms with Crippen LogP contribution in [0.5, 0.6) is 28.7 Å². The van der Waals surface area contributed by atoms with Crippen molar-refractivity contribution in [2.24, 2.45) is 0 Å².